The van der Waals surface area contributed by atoms with Gasteiger partial charge in [-0.3, -0.25) is 4.79 Å². The van der Waals surface area contributed by atoms with Crippen molar-refractivity contribution in [1.82, 2.24) is 4.98 Å². The number of rotatable bonds is 5. The molecule has 2 N–H and O–H groups in total. The zero-order valence-electron chi connectivity index (χ0n) is 13.2. The van der Waals surface area contributed by atoms with E-state index in [0.717, 1.165) is 16.8 Å². The number of fused-ring (bicyclic) bond motifs is 1. The Morgan fingerprint density at radius 3 is 2.88 bits per heavy atom. The van der Waals surface area contributed by atoms with Crippen molar-refractivity contribution in [2.75, 3.05) is 17.2 Å². The summed E-state index contributed by atoms with van der Waals surface area (Å²) in [7, 11) is 0. The van der Waals surface area contributed by atoms with Crippen LogP contribution in [0.5, 0.6) is 0 Å². The van der Waals surface area contributed by atoms with E-state index < -0.39 is 5.63 Å². The molecule has 2 heterocycles. The van der Waals surface area contributed by atoms with Gasteiger partial charge in [-0.1, -0.05) is 6.07 Å². The van der Waals surface area contributed by atoms with Crippen molar-refractivity contribution in [3.8, 4) is 0 Å². The maximum Gasteiger partial charge on any atom is 0.336 e. The van der Waals surface area contributed by atoms with Crippen LogP contribution in [0.2, 0.25) is 0 Å². The average molecular weight is 323 g/mol. The molecule has 0 spiro atoms. The fraction of sp³-hybridized carbons (Fsp3) is 0.167. The van der Waals surface area contributed by atoms with Crippen molar-refractivity contribution >= 4 is 28.4 Å². The summed E-state index contributed by atoms with van der Waals surface area (Å²) in [5.74, 6) is 0.598. The summed E-state index contributed by atoms with van der Waals surface area (Å²) in [5.41, 5.74) is 1.50. The zero-order valence-corrected chi connectivity index (χ0v) is 13.2. The minimum atomic E-state index is -0.400. The third-order valence-electron chi connectivity index (χ3n) is 3.56. The highest BCUT2D eigenvalue weighted by molar-refractivity contribution is 5.93. The summed E-state index contributed by atoms with van der Waals surface area (Å²) >= 11 is 0. The van der Waals surface area contributed by atoms with Gasteiger partial charge < -0.3 is 15.1 Å². The van der Waals surface area contributed by atoms with Gasteiger partial charge in [-0.2, -0.15) is 0 Å². The third-order valence-corrected chi connectivity index (χ3v) is 3.56. The van der Waals surface area contributed by atoms with Gasteiger partial charge in [0.2, 0.25) is 5.91 Å². The maximum atomic E-state index is 12.0. The molecule has 6 nitrogen and oxygen atoms in total. The van der Waals surface area contributed by atoms with Gasteiger partial charge in [0, 0.05) is 42.4 Å². The summed E-state index contributed by atoms with van der Waals surface area (Å²) in [6.07, 6.45) is 1.99. The van der Waals surface area contributed by atoms with Crippen molar-refractivity contribution in [2.24, 2.45) is 0 Å². The molecule has 122 valence electrons. The molecule has 0 saturated heterocycles. The van der Waals surface area contributed by atoms with Gasteiger partial charge in [0.15, 0.2) is 0 Å². The third kappa shape index (κ3) is 3.78. The van der Waals surface area contributed by atoms with Crippen molar-refractivity contribution in [3.05, 3.63) is 64.6 Å². The maximum absolute atomic E-state index is 12.0. The first-order valence-corrected chi connectivity index (χ1v) is 7.61. The Bertz CT molecular complexity index is 920. The fourth-order valence-electron chi connectivity index (χ4n) is 2.40. The molecule has 0 aliphatic carbocycles. The molecule has 2 aromatic heterocycles. The summed E-state index contributed by atoms with van der Waals surface area (Å²) < 4.78 is 5.18. The second kappa shape index (κ2) is 6.95. The molecular weight excluding hydrogens is 306 g/mol. The predicted octanol–water partition coefficient (Wildman–Crippen LogP) is 2.94. The Morgan fingerprint density at radius 2 is 2.08 bits per heavy atom. The van der Waals surface area contributed by atoms with Crippen LogP contribution < -0.4 is 16.3 Å². The van der Waals surface area contributed by atoms with E-state index >= 15 is 0 Å². The summed E-state index contributed by atoms with van der Waals surface area (Å²) in [4.78, 5) is 27.6. The number of aryl methyl sites for hydroxylation is 1. The molecule has 3 aromatic rings. The minimum absolute atomic E-state index is 0.132. The minimum Gasteiger partial charge on any atom is -0.423 e. The number of nitrogens with one attached hydrogen (secondary N) is 2. The summed E-state index contributed by atoms with van der Waals surface area (Å²) in [5, 5.41) is 6.72. The second-order valence-corrected chi connectivity index (χ2v) is 5.40. The number of hydrogen-bond donors (Lipinski definition) is 2. The Kier molecular flexibility index (Phi) is 4.56. The zero-order chi connectivity index (χ0) is 16.9. The number of carbonyl (C=O) groups is 1. The van der Waals surface area contributed by atoms with Crippen LogP contribution in [0.15, 0.2) is 57.9 Å². The van der Waals surface area contributed by atoms with E-state index in [1.165, 1.54) is 6.07 Å². The number of anilines is 2. The molecule has 6 heteroatoms. The fourth-order valence-corrected chi connectivity index (χ4v) is 2.40. The number of hydrogen-bond acceptors (Lipinski definition) is 5. The van der Waals surface area contributed by atoms with E-state index in [2.05, 4.69) is 15.6 Å². The van der Waals surface area contributed by atoms with Crippen LogP contribution in [0, 0.1) is 6.92 Å². The first-order chi connectivity index (χ1) is 11.6. The number of amides is 1. The van der Waals surface area contributed by atoms with Gasteiger partial charge in [0.25, 0.3) is 0 Å². The van der Waals surface area contributed by atoms with E-state index in [0.29, 0.717) is 24.2 Å². The molecule has 1 amide bonds. The van der Waals surface area contributed by atoms with E-state index in [4.69, 9.17) is 4.42 Å². The van der Waals surface area contributed by atoms with E-state index in [1.807, 2.05) is 31.2 Å². The number of pyridine rings is 1. The van der Waals surface area contributed by atoms with Crippen LogP contribution in [0.4, 0.5) is 11.5 Å². The van der Waals surface area contributed by atoms with Gasteiger partial charge in [0.1, 0.15) is 11.4 Å². The molecule has 0 saturated carbocycles. The van der Waals surface area contributed by atoms with Crippen LogP contribution in [0.1, 0.15) is 12.0 Å². The van der Waals surface area contributed by atoms with Gasteiger partial charge in [0.05, 0.1) is 0 Å². The monoisotopic (exact) mass is 323 g/mol. The Morgan fingerprint density at radius 1 is 1.21 bits per heavy atom. The van der Waals surface area contributed by atoms with Crippen molar-refractivity contribution in [2.45, 2.75) is 13.3 Å². The van der Waals surface area contributed by atoms with Gasteiger partial charge >= 0.3 is 5.63 Å². The van der Waals surface area contributed by atoms with Gasteiger partial charge in [-0.25, -0.2) is 9.78 Å². The van der Waals surface area contributed by atoms with Crippen LogP contribution >= 0.6 is 0 Å². The normalized spacial score (nSPS) is 10.5. The van der Waals surface area contributed by atoms with E-state index in [1.54, 1.807) is 18.3 Å². The van der Waals surface area contributed by atoms with Crippen molar-refractivity contribution in [1.29, 1.82) is 0 Å². The molecule has 0 bridgehead atoms. The molecule has 0 aliphatic heterocycles. The SMILES string of the molecule is Cc1cc(=O)oc2cc(NC(=O)CCNc3ccccn3)ccc12. The largest absolute Gasteiger partial charge is 0.423 e. The number of benzene rings is 1. The molecule has 24 heavy (non-hydrogen) atoms. The molecule has 0 atom stereocenters. The summed E-state index contributed by atoms with van der Waals surface area (Å²) in [6.45, 7) is 2.32. The lowest BCUT2D eigenvalue weighted by atomic mass is 10.1. The molecule has 0 radical (unpaired) electrons. The predicted molar refractivity (Wildman–Crippen MR) is 93.2 cm³/mol. The molecule has 1 aromatic carbocycles. The Balaban J connectivity index is 1.62. The highest BCUT2D eigenvalue weighted by Gasteiger charge is 2.06. The van der Waals surface area contributed by atoms with Crippen LogP contribution in [-0.4, -0.2) is 17.4 Å². The molecular formula is C18H17N3O3. The van der Waals surface area contributed by atoms with Gasteiger partial charge in [-0.05, 0) is 36.8 Å². The van der Waals surface area contributed by atoms with Crippen molar-refractivity contribution < 1.29 is 9.21 Å². The van der Waals surface area contributed by atoms with Crippen LogP contribution in [0.25, 0.3) is 11.0 Å². The van der Waals surface area contributed by atoms with E-state index in [9.17, 15) is 9.59 Å². The first kappa shape index (κ1) is 15.7. The number of nitrogens with zero attached hydrogens (tertiary/aromatic N) is 1. The van der Waals surface area contributed by atoms with Crippen LogP contribution in [0.3, 0.4) is 0 Å². The molecule has 3 rings (SSSR count). The topological polar surface area (TPSA) is 84.2 Å². The lowest BCUT2D eigenvalue weighted by molar-refractivity contribution is -0.115. The Hall–Kier alpha value is -3.15. The van der Waals surface area contributed by atoms with Gasteiger partial charge in [-0.15, -0.1) is 0 Å². The highest BCUT2D eigenvalue weighted by Crippen LogP contribution is 2.20. The van der Waals surface area contributed by atoms with E-state index in [-0.39, 0.29) is 5.91 Å². The molecule has 0 aliphatic rings. The smallest absolute Gasteiger partial charge is 0.336 e. The van der Waals surface area contributed by atoms with Crippen LogP contribution in [-0.2, 0) is 4.79 Å². The highest BCUT2D eigenvalue weighted by atomic mass is 16.4. The first-order valence-electron chi connectivity index (χ1n) is 7.61. The summed E-state index contributed by atoms with van der Waals surface area (Å²) in [6, 6.07) is 12.3. The second-order valence-electron chi connectivity index (χ2n) is 5.40. The Labute approximate surface area is 138 Å². The average Bonchev–Trinajstić information content (AvgIpc) is 2.55. The van der Waals surface area contributed by atoms with Crippen molar-refractivity contribution in [3.63, 3.8) is 0 Å². The lowest BCUT2D eigenvalue weighted by Gasteiger charge is -2.08. The molecule has 0 fully saturated rings. The lowest BCUT2D eigenvalue weighted by Crippen LogP contribution is -2.16. The number of aromatic nitrogens is 1. The number of carbonyl (C=O) groups excluding carboxylic acids is 1. The standard InChI is InChI=1S/C18H17N3O3/c1-12-10-18(23)24-15-11-13(5-6-14(12)15)21-17(22)7-9-20-16-4-2-3-8-19-16/h2-6,8,10-11H,7,9H2,1H3,(H,19,20)(H,21,22). The quantitative estimate of drug-likeness (QED) is 0.705. The molecule has 0 unspecified atom stereocenters.